The first-order valence-electron chi connectivity index (χ1n) is 6.00. The van der Waals surface area contributed by atoms with Gasteiger partial charge in [-0.15, -0.1) is 0 Å². The normalized spacial score (nSPS) is 21.6. The van der Waals surface area contributed by atoms with Crippen molar-refractivity contribution >= 4 is 0 Å². The minimum Gasteiger partial charge on any atom is -0.491 e. The van der Waals surface area contributed by atoms with Crippen LogP contribution in [-0.2, 0) is 4.74 Å². The van der Waals surface area contributed by atoms with Gasteiger partial charge in [0.25, 0.3) is 0 Å². The quantitative estimate of drug-likeness (QED) is 0.826. The fourth-order valence-electron chi connectivity index (χ4n) is 2.06. The van der Waals surface area contributed by atoms with E-state index in [1.807, 2.05) is 13.8 Å². The van der Waals surface area contributed by atoms with Crippen molar-refractivity contribution in [3.05, 3.63) is 29.6 Å². The number of halogens is 1. The van der Waals surface area contributed by atoms with Gasteiger partial charge in [-0.3, -0.25) is 0 Å². The number of benzene rings is 1. The van der Waals surface area contributed by atoms with Crippen LogP contribution in [0.1, 0.15) is 32.3 Å². The summed E-state index contributed by atoms with van der Waals surface area (Å²) < 4.78 is 24.6. The van der Waals surface area contributed by atoms with E-state index in [0.29, 0.717) is 12.4 Å². The lowest BCUT2D eigenvalue weighted by molar-refractivity contribution is -0.0326. The standard InChI is InChI=1S/C14H16FNO2/c1-14(2)6-5-12(18-14)9-17-11-4-3-10(8-16)13(15)7-11/h3-4,7,12H,5-6,9H2,1-2H3. The zero-order valence-corrected chi connectivity index (χ0v) is 10.6. The van der Waals surface area contributed by atoms with E-state index in [4.69, 9.17) is 14.7 Å². The molecule has 1 aromatic rings. The Kier molecular flexibility index (Phi) is 3.53. The fraction of sp³-hybridized carbons (Fsp3) is 0.500. The van der Waals surface area contributed by atoms with Gasteiger partial charge in [0.05, 0.1) is 17.3 Å². The van der Waals surface area contributed by atoms with Gasteiger partial charge in [0.15, 0.2) is 0 Å². The lowest BCUT2D eigenvalue weighted by Crippen LogP contribution is -2.23. The summed E-state index contributed by atoms with van der Waals surface area (Å²) in [6.07, 6.45) is 2.01. The Labute approximate surface area is 106 Å². The Hall–Kier alpha value is -1.60. The van der Waals surface area contributed by atoms with Crippen LogP contribution >= 0.6 is 0 Å². The van der Waals surface area contributed by atoms with E-state index in [-0.39, 0.29) is 17.3 Å². The molecule has 4 heteroatoms. The van der Waals surface area contributed by atoms with Gasteiger partial charge in [-0.25, -0.2) is 4.39 Å². The summed E-state index contributed by atoms with van der Waals surface area (Å²) in [7, 11) is 0. The Balaban J connectivity index is 1.92. The molecule has 1 atom stereocenters. The molecule has 0 aromatic heterocycles. The monoisotopic (exact) mass is 249 g/mol. The molecule has 18 heavy (non-hydrogen) atoms. The first kappa shape index (κ1) is 12.8. The van der Waals surface area contributed by atoms with Gasteiger partial charge in [0, 0.05) is 6.07 Å². The molecule has 0 spiro atoms. The second kappa shape index (κ2) is 4.95. The number of rotatable bonds is 3. The molecule has 2 rings (SSSR count). The molecular formula is C14H16FNO2. The zero-order valence-electron chi connectivity index (χ0n) is 10.6. The highest BCUT2D eigenvalue weighted by Gasteiger charge is 2.31. The number of nitriles is 1. The lowest BCUT2D eigenvalue weighted by Gasteiger charge is -2.19. The molecule has 1 aliphatic rings. The van der Waals surface area contributed by atoms with Crippen LogP contribution in [-0.4, -0.2) is 18.3 Å². The van der Waals surface area contributed by atoms with Gasteiger partial charge in [0.2, 0.25) is 0 Å². The molecule has 1 saturated heterocycles. The highest BCUT2D eigenvalue weighted by molar-refractivity contribution is 5.36. The minimum atomic E-state index is -0.553. The Bertz CT molecular complexity index is 479. The van der Waals surface area contributed by atoms with E-state index in [2.05, 4.69) is 0 Å². The van der Waals surface area contributed by atoms with E-state index in [1.54, 1.807) is 12.1 Å². The maximum absolute atomic E-state index is 13.3. The van der Waals surface area contributed by atoms with E-state index >= 15 is 0 Å². The third-order valence-electron chi connectivity index (χ3n) is 3.05. The number of nitrogens with zero attached hydrogens (tertiary/aromatic N) is 1. The summed E-state index contributed by atoms with van der Waals surface area (Å²) in [5.41, 5.74) is -0.0650. The van der Waals surface area contributed by atoms with Crippen molar-refractivity contribution in [2.45, 2.75) is 38.4 Å². The highest BCUT2D eigenvalue weighted by Crippen LogP contribution is 2.29. The van der Waals surface area contributed by atoms with Crippen LogP contribution in [0.3, 0.4) is 0 Å². The summed E-state index contributed by atoms with van der Waals surface area (Å²) in [6, 6.07) is 6.03. The van der Waals surface area contributed by atoms with Crippen LogP contribution in [0.25, 0.3) is 0 Å². The maximum atomic E-state index is 13.3. The zero-order chi connectivity index (χ0) is 13.2. The van der Waals surface area contributed by atoms with E-state index in [1.165, 1.54) is 12.1 Å². The van der Waals surface area contributed by atoms with E-state index in [0.717, 1.165) is 12.8 Å². The SMILES string of the molecule is CC1(C)CCC(COc2ccc(C#N)c(F)c2)O1. The molecule has 1 heterocycles. The van der Waals surface area contributed by atoms with Gasteiger partial charge in [-0.1, -0.05) is 0 Å². The maximum Gasteiger partial charge on any atom is 0.144 e. The van der Waals surface area contributed by atoms with Crippen LogP contribution in [0.5, 0.6) is 5.75 Å². The average molecular weight is 249 g/mol. The van der Waals surface area contributed by atoms with Crippen molar-refractivity contribution in [2.24, 2.45) is 0 Å². The second-order valence-corrected chi connectivity index (χ2v) is 5.10. The minimum absolute atomic E-state index is 0.0283. The van der Waals surface area contributed by atoms with Crippen LogP contribution < -0.4 is 4.74 Å². The number of hydrogen-bond acceptors (Lipinski definition) is 3. The summed E-state index contributed by atoms with van der Waals surface area (Å²) in [5, 5.41) is 8.62. The highest BCUT2D eigenvalue weighted by atomic mass is 19.1. The summed E-state index contributed by atoms with van der Waals surface area (Å²) in [6.45, 7) is 4.51. The molecule has 1 aromatic carbocycles. The lowest BCUT2D eigenvalue weighted by atomic mass is 10.1. The van der Waals surface area contributed by atoms with Crippen molar-refractivity contribution in [2.75, 3.05) is 6.61 Å². The predicted molar refractivity (Wildman–Crippen MR) is 64.8 cm³/mol. The molecule has 1 aliphatic heterocycles. The molecule has 0 N–H and O–H groups in total. The largest absolute Gasteiger partial charge is 0.491 e. The fourth-order valence-corrected chi connectivity index (χ4v) is 2.06. The van der Waals surface area contributed by atoms with Crippen molar-refractivity contribution in [1.82, 2.24) is 0 Å². The van der Waals surface area contributed by atoms with Gasteiger partial charge < -0.3 is 9.47 Å². The molecule has 0 amide bonds. The third kappa shape index (κ3) is 2.99. The summed E-state index contributed by atoms with van der Waals surface area (Å²) in [4.78, 5) is 0. The third-order valence-corrected chi connectivity index (χ3v) is 3.05. The Morgan fingerprint density at radius 2 is 2.33 bits per heavy atom. The molecule has 0 bridgehead atoms. The van der Waals surface area contributed by atoms with Crippen molar-refractivity contribution in [3.8, 4) is 11.8 Å². The molecule has 0 aliphatic carbocycles. The topological polar surface area (TPSA) is 42.2 Å². The second-order valence-electron chi connectivity index (χ2n) is 5.10. The molecule has 1 unspecified atom stereocenters. The van der Waals surface area contributed by atoms with Crippen molar-refractivity contribution in [3.63, 3.8) is 0 Å². The smallest absolute Gasteiger partial charge is 0.144 e. The van der Waals surface area contributed by atoms with Crippen molar-refractivity contribution < 1.29 is 13.9 Å². The Morgan fingerprint density at radius 1 is 1.56 bits per heavy atom. The average Bonchev–Trinajstić information content (AvgIpc) is 2.66. The molecule has 96 valence electrons. The van der Waals surface area contributed by atoms with Gasteiger partial charge >= 0.3 is 0 Å². The summed E-state index contributed by atoms with van der Waals surface area (Å²) in [5.74, 6) is -0.123. The molecule has 1 fully saturated rings. The molecule has 0 saturated carbocycles. The Morgan fingerprint density at radius 3 is 2.89 bits per heavy atom. The predicted octanol–water partition coefficient (Wildman–Crippen LogP) is 3.03. The molecule has 3 nitrogen and oxygen atoms in total. The van der Waals surface area contributed by atoms with Crippen LogP contribution in [0.4, 0.5) is 4.39 Å². The van der Waals surface area contributed by atoms with Crippen molar-refractivity contribution in [1.29, 1.82) is 5.26 Å². The molecule has 0 radical (unpaired) electrons. The van der Waals surface area contributed by atoms with Gasteiger partial charge in [-0.2, -0.15) is 5.26 Å². The number of hydrogen-bond donors (Lipinski definition) is 0. The van der Waals surface area contributed by atoms with Crippen LogP contribution in [0, 0.1) is 17.1 Å². The number of ether oxygens (including phenoxy) is 2. The van der Waals surface area contributed by atoms with Crippen LogP contribution in [0.15, 0.2) is 18.2 Å². The first-order valence-corrected chi connectivity index (χ1v) is 6.00. The first-order chi connectivity index (χ1) is 8.50. The van der Waals surface area contributed by atoms with E-state index < -0.39 is 5.82 Å². The van der Waals surface area contributed by atoms with Gasteiger partial charge in [0.1, 0.15) is 24.2 Å². The van der Waals surface area contributed by atoms with Crippen LogP contribution in [0.2, 0.25) is 0 Å². The molecular weight excluding hydrogens is 233 g/mol. The van der Waals surface area contributed by atoms with Gasteiger partial charge in [-0.05, 0) is 38.8 Å². The summed E-state index contributed by atoms with van der Waals surface area (Å²) >= 11 is 0. The van der Waals surface area contributed by atoms with E-state index in [9.17, 15) is 4.39 Å².